The van der Waals surface area contributed by atoms with Gasteiger partial charge in [0.25, 0.3) is 5.91 Å². The molecule has 0 aliphatic carbocycles. The number of nitrogens with one attached hydrogen (secondary N) is 2. The van der Waals surface area contributed by atoms with Gasteiger partial charge < -0.3 is 10.6 Å². The van der Waals surface area contributed by atoms with Crippen LogP contribution < -0.4 is 10.6 Å². The number of hydrogen-bond acceptors (Lipinski definition) is 3. The minimum atomic E-state index is -0.210. The van der Waals surface area contributed by atoms with E-state index in [1.54, 1.807) is 12.3 Å². The molecule has 2 aromatic carbocycles. The largest absolute Gasteiger partial charge is 0.380 e. The first-order valence-corrected chi connectivity index (χ1v) is 8.65. The molecule has 0 aliphatic heterocycles. The number of hydrogen-bond donors (Lipinski definition) is 2. The lowest BCUT2D eigenvalue weighted by atomic mass is 10.1. The molecule has 0 saturated carbocycles. The van der Waals surface area contributed by atoms with Crippen LogP contribution in [0, 0.1) is 20.8 Å². The molecule has 3 rings (SSSR count). The Morgan fingerprint density at radius 1 is 0.923 bits per heavy atom. The van der Waals surface area contributed by atoms with Crippen LogP contribution in [-0.4, -0.2) is 10.9 Å². The zero-order valence-electron chi connectivity index (χ0n) is 15.3. The predicted molar refractivity (Wildman–Crippen MR) is 107 cm³/mol. The SMILES string of the molecule is Cc1cccc(CNc2ccc(C(=O)Nc3ccc(C)c(C)c3)nc2)c1. The predicted octanol–water partition coefficient (Wildman–Crippen LogP) is 4.87. The number of pyridine rings is 1. The minimum Gasteiger partial charge on any atom is -0.380 e. The fraction of sp³-hybridized carbons (Fsp3) is 0.182. The number of carbonyl (C=O) groups is 1. The second kappa shape index (κ2) is 7.83. The third-order valence-corrected chi connectivity index (χ3v) is 4.34. The first kappa shape index (κ1) is 17.7. The number of aromatic nitrogens is 1. The van der Waals surface area contributed by atoms with Gasteiger partial charge in [-0.05, 0) is 61.7 Å². The van der Waals surface area contributed by atoms with Gasteiger partial charge in [0.05, 0.1) is 11.9 Å². The van der Waals surface area contributed by atoms with Crippen LogP contribution in [0.2, 0.25) is 0 Å². The van der Waals surface area contributed by atoms with E-state index in [4.69, 9.17) is 0 Å². The Kier molecular flexibility index (Phi) is 5.32. The number of anilines is 2. The minimum absolute atomic E-state index is 0.210. The van der Waals surface area contributed by atoms with E-state index in [0.717, 1.165) is 23.5 Å². The van der Waals surface area contributed by atoms with Crippen molar-refractivity contribution in [3.63, 3.8) is 0 Å². The maximum atomic E-state index is 12.3. The Labute approximate surface area is 154 Å². The molecule has 0 spiro atoms. The Morgan fingerprint density at radius 2 is 1.73 bits per heavy atom. The van der Waals surface area contributed by atoms with Gasteiger partial charge in [0, 0.05) is 12.2 Å². The van der Waals surface area contributed by atoms with E-state index >= 15 is 0 Å². The highest BCUT2D eigenvalue weighted by atomic mass is 16.1. The van der Waals surface area contributed by atoms with Crippen molar-refractivity contribution < 1.29 is 4.79 Å². The lowest BCUT2D eigenvalue weighted by Gasteiger charge is -2.09. The lowest BCUT2D eigenvalue weighted by Crippen LogP contribution is -2.14. The van der Waals surface area contributed by atoms with E-state index in [1.807, 2.05) is 44.2 Å². The first-order chi connectivity index (χ1) is 12.5. The van der Waals surface area contributed by atoms with Crippen molar-refractivity contribution in [1.29, 1.82) is 0 Å². The van der Waals surface area contributed by atoms with E-state index < -0.39 is 0 Å². The molecule has 2 N–H and O–H groups in total. The van der Waals surface area contributed by atoms with Crippen LogP contribution in [-0.2, 0) is 6.54 Å². The number of aryl methyl sites for hydroxylation is 3. The van der Waals surface area contributed by atoms with Crippen molar-refractivity contribution in [2.45, 2.75) is 27.3 Å². The number of carbonyl (C=O) groups excluding carboxylic acids is 1. The molecule has 0 atom stereocenters. The molecule has 132 valence electrons. The number of benzene rings is 2. The Hall–Kier alpha value is -3.14. The average Bonchev–Trinajstić information content (AvgIpc) is 2.63. The molecule has 0 saturated heterocycles. The van der Waals surface area contributed by atoms with Crippen LogP contribution in [0.3, 0.4) is 0 Å². The summed E-state index contributed by atoms with van der Waals surface area (Å²) in [6, 6.07) is 17.8. The second-order valence-electron chi connectivity index (χ2n) is 6.53. The Morgan fingerprint density at radius 3 is 2.42 bits per heavy atom. The molecule has 0 radical (unpaired) electrons. The van der Waals surface area contributed by atoms with Gasteiger partial charge in [0.2, 0.25) is 0 Å². The zero-order chi connectivity index (χ0) is 18.5. The smallest absolute Gasteiger partial charge is 0.274 e. The molecule has 1 aromatic heterocycles. The van der Waals surface area contributed by atoms with Gasteiger partial charge in [-0.2, -0.15) is 0 Å². The maximum Gasteiger partial charge on any atom is 0.274 e. The van der Waals surface area contributed by atoms with Crippen molar-refractivity contribution in [3.05, 3.63) is 88.7 Å². The molecular formula is C22H23N3O. The average molecular weight is 345 g/mol. The van der Waals surface area contributed by atoms with E-state index in [-0.39, 0.29) is 5.91 Å². The monoisotopic (exact) mass is 345 g/mol. The van der Waals surface area contributed by atoms with E-state index in [2.05, 4.69) is 40.7 Å². The molecule has 4 nitrogen and oxygen atoms in total. The Balaban J connectivity index is 1.61. The molecule has 26 heavy (non-hydrogen) atoms. The van der Waals surface area contributed by atoms with Gasteiger partial charge in [-0.3, -0.25) is 4.79 Å². The standard InChI is InChI=1S/C22H23N3O/c1-15-5-4-6-18(11-15)13-23-20-9-10-21(24-14-20)22(26)25-19-8-7-16(2)17(3)12-19/h4-12,14,23H,13H2,1-3H3,(H,25,26). The molecule has 0 bridgehead atoms. The highest BCUT2D eigenvalue weighted by molar-refractivity contribution is 6.03. The summed E-state index contributed by atoms with van der Waals surface area (Å²) in [5.41, 5.74) is 6.85. The van der Waals surface area contributed by atoms with Gasteiger partial charge in [-0.1, -0.05) is 35.9 Å². The molecule has 0 unspecified atom stereocenters. The normalized spacial score (nSPS) is 10.4. The summed E-state index contributed by atoms with van der Waals surface area (Å²) in [4.78, 5) is 16.6. The van der Waals surface area contributed by atoms with Gasteiger partial charge in [-0.25, -0.2) is 4.98 Å². The molecule has 0 aliphatic rings. The third kappa shape index (κ3) is 4.48. The van der Waals surface area contributed by atoms with Crippen LogP contribution in [0.15, 0.2) is 60.8 Å². The molecule has 1 amide bonds. The fourth-order valence-electron chi connectivity index (χ4n) is 2.67. The topological polar surface area (TPSA) is 54.0 Å². The molecular weight excluding hydrogens is 322 g/mol. The van der Waals surface area contributed by atoms with Crippen LogP contribution in [0.25, 0.3) is 0 Å². The molecule has 0 fully saturated rings. The molecule has 4 heteroatoms. The fourth-order valence-corrected chi connectivity index (χ4v) is 2.67. The van der Waals surface area contributed by atoms with Crippen molar-refractivity contribution in [2.75, 3.05) is 10.6 Å². The summed E-state index contributed by atoms with van der Waals surface area (Å²) in [6.45, 7) is 6.87. The zero-order valence-corrected chi connectivity index (χ0v) is 15.3. The summed E-state index contributed by atoms with van der Waals surface area (Å²) in [5, 5.41) is 6.21. The van der Waals surface area contributed by atoms with Crippen molar-refractivity contribution in [2.24, 2.45) is 0 Å². The summed E-state index contributed by atoms with van der Waals surface area (Å²) in [7, 11) is 0. The second-order valence-corrected chi connectivity index (χ2v) is 6.53. The van der Waals surface area contributed by atoms with Crippen LogP contribution in [0.4, 0.5) is 11.4 Å². The summed E-state index contributed by atoms with van der Waals surface area (Å²) in [6.07, 6.45) is 1.69. The van der Waals surface area contributed by atoms with Crippen LogP contribution in [0.1, 0.15) is 32.7 Å². The highest BCUT2D eigenvalue weighted by Crippen LogP contribution is 2.16. The summed E-state index contributed by atoms with van der Waals surface area (Å²) in [5.74, 6) is -0.210. The molecule has 1 heterocycles. The number of rotatable bonds is 5. The van der Waals surface area contributed by atoms with Gasteiger partial charge in [0.1, 0.15) is 5.69 Å². The van der Waals surface area contributed by atoms with Gasteiger partial charge in [-0.15, -0.1) is 0 Å². The quantitative estimate of drug-likeness (QED) is 0.693. The van der Waals surface area contributed by atoms with E-state index in [1.165, 1.54) is 16.7 Å². The van der Waals surface area contributed by atoms with Crippen molar-refractivity contribution in [1.82, 2.24) is 4.98 Å². The summed E-state index contributed by atoms with van der Waals surface area (Å²) >= 11 is 0. The van der Waals surface area contributed by atoms with Crippen LogP contribution >= 0.6 is 0 Å². The van der Waals surface area contributed by atoms with Crippen molar-refractivity contribution >= 4 is 17.3 Å². The molecule has 3 aromatic rings. The van der Waals surface area contributed by atoms with Crippen LogP contribution in [0.5, 0.6) is 0 Å². The van der Waals surface area contributed by atoms with E-state index in [0.29, 0.717) is 5.69 Å². The van der Waals surface area contributed by atoms with Crippen molar-refractivity contribution in [3.8, 4) is 0 Å². The van der Waals surface area contributed by atoms with E-state index in [9.17, 15) is 4.79 Å². The maximum absolute atomic E-state index is 12.3. The van der Waals surface area contributed by atoms with Gasteiger partial charge in [0.15, 0.2) is 0 Å². The highest BCUT2D eigenvalue weighted by Gasteiger charge is 2.08. The first-order valence-electron chi connectivity index (χ1n) is 8.65. The lowest BCUT2D eigenvalue weighted by molar-refractivity contribution is 0.102. The number of nitrogens with zero attached hydrogens (tertiary/aromatic N) is 1. The Bertz CT molecular complexity index is 917. The summed E-state index contributed by atoms with van der Waals surface area (Å²) < 4.78 is 0. The van der Waals surface area contributed by atoms with Gasteiger partial charge >= 0.3 is 0 Å². The third-order valence-electron chi connectivity index (χ3n) is 4.34. The number of amides is 1.